The van der Waals surface area contributed by atoms with Crippen LogP contribution in [0, 0.1) is 0 Å². The van der Waals surface area contributed by atoms with Gasteiger partial charge in [-0.1, -0.05) is 24.3 Å². The highest BCUT2D eigenvalue weighted by Crippen LogP contribution is 2.44. The van der Waals surface area contributed by atoms with Crippen molar-refractivity contribution >= 4 is 23.5 Å². The summed E-state index contributed by atoms with van der Waals surface area (Å²) in [4.78, 5) is 21.8. The molecule has 0 bridgehead atoms. The third-order valence-electron chi connectivity index (χ3n) is 9.19. The second-order valence-corrected chi connectivity index (χ2v) is 12.4. The number of fused-ring (bicyclic) bond motifs is 4. The molecule has 0 aliphatic carbocycles. The number of hydrogen-bond acceptors (Lipinski definition) is 10. The van der Waals surface area contributed by atoms with E-state index in [1.165, 1.54) is 0 Å². The molecule has 2 saturated heterocycles. The molecular formula is C34H42N4O7. The number of aliphatic imine (C=N–C) groups is 1. The number of ether oxygens (including phenoxy) is 4. The van der Waals surface area contributed by atoms with E-state index < -0.39 is 18.0 Å². The Morgan fingerprint density at radius 2 is 1.64 bits per heavy atom. The highest BCUT2D eigenvalue weighted by molar-refractivity contribution is 6.02. The quantitative estimate of drug-likeness (QED) is 0.259. The number of anilines is 1. The fourth-order valence-corrected chi connectivity index (χ4v) is 6.69. The molecule has 0 spiro atoms. The molecule has 0 saturated carbocycles. The van der Waals surface area contributed by atoms with Gasteiger partial charge in [-0.2, -0.15) is 0 Å². The smallest absolute Gasteiger partial charge is 0.257 e. The monoisotopic (exact) mass is 618 g/mol. The molecule has 2 fully saturated rings. The fraction of sp³-hybridized carbons (Fsp3) is 0.471. The average Bonchev–Trinajstić information content (AvgIpc) is 3.51. The summed E-state index contributed by atoms with van der Waals surface area (Å²) >= 11 is 0. The molecule has 11 heteroatoms. The lowest BCUT2D eigenvalue weighted by Crippen LogP contribution is -2.53. The number of rotatable bonds is 10. The molecule has 240 valence electrons. The molecule has 1 unspecified atom stereocenters. The average molecular weight is 619 g/mol. The second-order valence-electron chi connectivity index (χ2n) is 12.4. The minimum Gasteiger partial charge on any atom is -0.493 e. The molecule has 0 radical (unpaired) electrons. The summed E-state index contributed by atoms with van der Waals surface area (Å²) in [6.07, 6.45) is 3.84. The normalized spacial score (nSPS) is 25.5. The first-order valence-electron chi connectivity index (χ1n) is 15.4. The van der Waals surface area contributed by atoms with Crippen molar-refractivity contribution in [3.8, 4) is 23.0 Å². The summed E-state index contributed by atoms with van der Waals surface area (Å²) in [5.41, 5.74) is 3.50. The molecule has 6 rings (SSSR count). The van der Waals surface area contributed by atoms with Gasteiger partial charge in [0.05, 0.1) is 56.0 Å². The minimum atomic E-state index is -0.962. The predicted molar refractivity (Wildman–Crippen MR) is 171 cm³/mol. The molecular weight excluding hydrogens is 576 g/mol. The van der Waals surface area contributed by atoms with Crippen LogP contribution >= 0.6 is 0 Å². The Bertz CT molecular complexity index is 1540. The molecule has 4 heterocycles. The van der Waals surface area contributed by atoms with Gasteiger partial charge in [0, 0.05) is 37.0 Å². The van der Waals surface area contributed by atoms with Crippen LogP contribution in [0.2, 0.25) is 0 Å². The van der Waals surface area contributed by atoms with Gasteiger partial charge >= 0.3 is 0 Å². The van der Waals surface area contributed by atoms with Gasteiger partial charge in [0.15, 0.2) is 23.0 Å². The molecule has 1 amide bonds. The van der Waals surface area contributed by atoms with E-state index >= 15 is 0 Å². The first kappa shape index (κ1) is 30.9. The first-order valence-corrected chi connectivity index (χ1v) is 15.4. The maximum Gasteiger partial charge on any atom is 0.257 e. The summed E-state index contributed by atoms with van der Waals surface area (Å²) in [5.74, 6) is 1.91. The number of aliphatic hydroxyl groups excluding tert-OH is 2. The van der Waals surface area contributed by atoms with Gasteiger partial charge in [-0.3, -0.25) is 14.7 Å². The third-order valence-corrected chi connectivity index (χ3v) is 9.19. The molecule has 3 N–H and O–H groups in total. The highest BCUT2D eigenvalue weighted by Gasteiger charge is 2.49. The Morgan fingerprint density at radius 3 is 2.36 bits per heavy atom. The van der Waals surface area contributed by atoms with Gasteiger partial charge in [0.25, 0.3) is 5.91 Å². The number of amides is 1. The van der Waals surface area contributed by atoms with Crippen molar-refractivity contribution in [2.45, 2.75) is 63.1 Å². The number of unbranched alkanes of at least 4 members (excludes halogenated alkanes) is 2. The van der Waals surface area contributed by atoms with Crippen molar-refractivity contribution in [1.82, 2.24) is 9.80 Å². The van der Waals surface area contributed by atoms with Gasteiger partial charge in [-0.15, -0.1) is 0 Å². The zero-order valence-electron chi connectivity index (χ0n) is 26.2. The van der Waals surface area contributed by atoms with E-state index in [1.54, 1.807) is 37.3 Å². The summed E-state index contributed by atoms with van der Waals surface area (Å²) in [6, 6.07) is 7.05. The van der Waals surface area contributed by atoms with Crippen molar-refractivity contribution in [3.05, 3.63) is 59.7 Å². The number of carbonyl (C=O) groups is 1. The number of aliphatic hydroxyl groups is 2. The number of hydrogen-bond donors (Lipinski definition) is 3. The standard InChI is InChI=1S/C34H42N4O7/c1-20-11-22-17-35-25-14-29(27(42-4)12-23(25)31(39)37(22)18-20)44-9-7-6-8-10-45-30-15-26-24(13-28(30)43-5)32(40)38-19-21(2)16-34(38,3)33(41)36-26/h12-15,17,22,31,33,36,39,41H,1-2,6-11,16,18-19H2,3-5H3/t22-,31?,33-,34-/m0/s1. The van der Waals surface area contributed by atoms with E-state index in [-0.39, 0.29) is 11.9 Å². The molecule has 45 heavy (non-hydrogen) atoms. The molecule has 2 aromatic rings. The van der Waals surface area contributed by atoms with Crippen LogP contribution in [0.1, 0.15) is 61.2 Å². The highest BCUT2D eigenvalue weighted by atomic mass is 16.5. The zero-order chi connectivity index (χ0) is 31.9. The molecule has 4 aliphatic heterocycles. The second kappa shape index (κ2) is 12.4. The topological polar surface area (TPSA) is 125 Å². The van der Waals surface area contributed by atoms with Crippen LogP contribution in [-0.2, 0) is 0 Å². The Balaban J connectivity index is 1.03. The SMILES string of the molecule is C=C1C[C@H]2C=Nc3cc(OCCCCCOc4cc5c(cc4OC)C(=O)N4CC(=C)C[C@@]4(C)[C@H](O)N5)c(OC)cc3C(O)N2C1. The van der Waals surface area contributed by atoms with E-state index in [0.717, 1.165) is 36.8 Å². The lowest BCUT2D eigenvalue weighted by molar-refractivity contribution is 0.0112. The van der Waals surface area contributed by atoms with Crippen LogP contribution in [0.15, 0.2) is 53.6 Å². The third kappa shape index (κ3) is 5.76. The van der Waals surface area contributed by atoms with Crippen LogP contribution in [0.5, 0.6) is 23.0 Å². The Morgan fingerprint density at radius 1 is 0.956 bits per heavy atom. The maximum absolute atomic E-state index is 13.4. The molecule has 2 aromatic carbocycles. The Hall–Kier alpha value is -4.06. The largest absolute Gasteiger partial charge is 0.493 e. The summed E-state index contributed by atoms with van der Waals surface area (Å²) in [5, 5.41) is 25.2. The van der Waals surface area contributed by atoms with E-state index in [4.69, 9.17) is 18.9 Å². The van der Waals surface area contributed by atoms with Crippen LogP contribution in [0.3, 0.4) is 0 Å². The lowest BCUT2D eigenvalue weighted by Gasteiger charge is -2.36. The molecule has 11 nitrogen and oxygen atoms in total. The van der Waals surface area contributed by atoms with Crippen molar-refractivity contribution < 1.29 is 34.0 Å². The number of benzene rings is 2. The predicted octanol–water partition coefficient (Wildman–Crippen LogP) is 4.57. The van der Waals surface area contributed by atoms with E-state index in [9.17, 15) is 15.0 Å². The van der Waals surface area contributed by atoms with Crippen LogP contribution in [0.25, 0.3) is 0 Å². The van der Waals surface area contributed by atoms with Crippen molar-refractivity contribution in [2.24, 2.45) is 4.99 Å². The van der Waals surface area contributed by atoms with Crippen LogP contribution in [0.4, 0.5) is 11.4 Å². The first-order chi connectivity index (χ1) is 21.6. The maximum atomic E-state index is 13.4. The van der Waals surface area contributed by atoms with Crippen molar-refractivity contribution in [2.75, 3.05) is 45.8 Å². The fourth-order valence-electron chi connectivity index (χ4n) is 6.69. The lowest BCUT2D eigenvalue weighted by atomic mass is 9.95. The summed E-state index contributed by atoms with van der Waals surface area (Å²) in [7, 11) is 3.13. The van der Waals surface area contributed by atoms with Gasteiger partial charge < -0.3 is 39.4 Å². The molecule has 0 aromatic heterocycles. The summed E-state index contributed by atoms with van der Waals surface area (Å²) in [6.45, 7) is 11.9. The van der Waals surface area contributed by atoms with Crippen LogP contribution < -0.4 is 24.3 Å². The number of nitrogens with zero attached hydrogens (tertiary/aromatic N) is 3. The zero-order valence-corrected chi connectivity index (χ0v) is 26.2. The van der Waals surface area contributed by atoms with Crippen molar-refractivity contribution in [3.63, 3.8) is 0 Å². The van der Waals surface area contributed by atoms with Gasteiger partial charge in [-0.05, 0) is 51.2 Å². The Kier molecular flexibility index (Phi) is 8.51. The number of nitrogens with one attached hydrogen (secondary N) is 1. The Labute approximate surface area is 263 Å². The number of carbonyl (C=O) groups excluding carboxylic acids is 1. The van der Waals surface area contributed by atoms with Crippen LogP contribution in [-0.4, -0.2) is 90.5 Å². The van der Waals surface area contributed by atoms with E-state index in [0.29, 0.717) is 78.2 Å². The van der Waals surface area contributed by atoms with E-state index in [2.05, 4.69) is 23.5 Å². The summed E-state index contributed by atoms with van der Waals surface area (Å²) < 4.78 is 23.3. The van der Waals surface area contributed by atoms with Gasteiger partial charge in [0.2, 0.25) is 0 Å². The van der Waals surface area contributed by atoms with Crippen molar-refractivity contribution in [1.29, 1.82) is 0 Å². The molecule has 4 atom stereocenters. The van der Waals surface area contributed by atoms with Gasteiger partial charge in [0.1, 0.15) is 12.5 Å². The number of methoxy groups -OCH3 is 2. The van der Waals surface area contributed by atoms with E-state index in [1.807, 2.05) is 24.1 Å². The minimum absolute atomic E-state index is 0.0237. The van der Waals surface area contributed by atoms with Gasteiger partial charge in [-0.25, -0.2) is 0 Å². The molecule has 4 aliphatic rings.